The lowest BCUT2D eigenvalue weighted by molar-refractivity contribution is 0.0601. The summed E-state index contributed by atoms with van der Waals surface area (Å²) in [5, 5.41) is 4.39. The topological polar surface area (TPSA) is 51.2 Å². The van der Waals surface area contributed by atoms with E-state index in [0.717, 1.165) is 27.8 Å². The first-order valence-corrected chi connectivity index (χ1v) is 6.99. The molecule has 0 atom stereocenters. The highest BCUT2D eigenvalue weighted by Gasteiger charge is 2.07. The van der Waals surface area contributed by atoms with E-state index in [0.29, 0.717) is 5.56 Å². The highest BCUT2D eigenvalue weighted by atomic mass is 16.5. The summed E-state index contributed by atoms with van der Waals surface area (Å²) in [6.07, 6.45) is 1.78. The maximum atomic E-state index is 11.6. The second-order valence-electron chi connectivity index (χ2n) is 5.03. The highest BCUT2D eigenvalue weighted by molar-refractivity contribution is 5.95. The van der Waals surface area contributed by atoms with E-state index in [9.17, 15) is 4.79 Å². The predicted molar refractivity (Wildman–Crippen MR) is 87.5 cm³/mol. The van der Waals surface area contributed by atoms with Crippen LogP contribution in [0.25, 0.3) is 10.9 Å². The molecule has 0 aliphatic heterocycles. The molecule has 4 heteroatoms. The molecule has 0 saturated heterocycles. The molecule has 0 radical (unpaired) electrons. The maximum absolute atomic E-state index is 11.6. The molecule has 0 amide bonds. The van der Waals surface area contributed by atoms with E-state index in [1.54, 1.807) is 18.3 Å². The fourth-order valence-corrected chi connectivity index (χ4v) is 2.43. The second-order valence-corrected chi connectivity index (χ2v) is 5.03. The van der Waals surface area contributed by atoms with E-state index >= 15 is 0 Å². The number of carbonyl (C=O) groups is 1. The van der Waals surface area contributed by atoms with Crippen LogP contribution in [0.5, 0.6) is 0 Å². The molecule has 1 N–H and O–H groups in total. The minimum absolute atomic E-state index is 0.348. The zero-order chi connectivity index (χ0) is 15.5. The number of benzene rings is 2. The van der Waals surface area contributed by atoms with Crippen LogP contribution in [-0.4, -0.2) is 18.1 Å². The van der Waals surface area contributed by atoms with Gasteiger partial charge < -0.3 is 10.1 Å². The van der Waals surface area contributed by atoms with Gasteiger partial charge in [0.25, 0.3) is 0 Å². The molecule has 0 aliphatic carbocycles. The number of ether oxygens (including phenoxy) is 1. The Balaban J connectivity index is 2.00. The van der Waals surface area contributed by atoms with Crippen molar-refractivity contribution in [3.05, 3.63) is 65.9 Å². The van der Waals surface area contributed by atoms with Gasteiger partial charge in [0.05, 0.1) is 18.2 Å². The number of pyridine rings is 1. The largest absolute Gasteiger partial charge is 0.465 e. The zero-order valence-corrected chi connectivity index (χ0v) is 12.5. The lowest BCUT2D eigenvalue weighted by Crippen LogP contribution is -2.02. The van der Waals surface area contributed by atoms with Crippen molar-refractivity contribution in [3.8, 4) is 0 Å². The zero-order valence-electron chi connectivity index (χ0n) is 12.5. The van der Waals surface area contributed by atoms with Crippen LogP contribution >= 0.6 is 0 Å². The number of para-hydroxylation sites is 1. The molecule has 4 nitrogen and oxygen atoms in total. The van der Waals surface area contributed by atoms with Gasteiger partial charge in [-0.1, -0.05) is 24.3 Å². The number of aryl methyl sites for hydroxylation is 1. The number of hydrogen-bond acceptors (Lipinski definition) is 4. The van der Waals surface area contributed by atoms with Gasteiger partial charge in [0.15, 0.2) is 0 Å². The summed E-state index contributed by atoms with van der Waals surface area (Å²) in [7, 11) is 1.38. The van der Waals surface area contributed by atoms with Crippen molar-refractivity contribution >= 4 is 28.2 Å². The normalized spacial score (nSPS) is 10.5. The molecular weight excluding hydrogens is 276 g/mol. The van der Waals surface area contributed by atoms with Crippen molar-refractivity contribution < 1.29 is 9.53 Å². The number of anilines is 2. The summed E-state index contributed by atoms with van der Waals surface area (Å²) in [4.78, 5) is 16.0. The Labute approximate surface area is 128 Å². The van der Waals surface area contributed by atoms with Gasteiger partial charge in [-0.15, -0.1) is 0 Å². The van der Waals surface area contributed by atoms with E-state index in [1.165, 1.54) is 7.11 Å². The smallest absolute Gasteiger partial charge is 0.337 e. The third-order valence-electron chi connectivity index (χ3n) is 3.54. The summed E-state index contributed by atoms with van der Waals surface area (Å²) in [5.41, 5.74) is 4.40. The molecule has 3 rings (SSSR count). The van der Waals surface area contributed by atoms with Crippen molar-refractivity contribution in [2.75, 3.05) is 12.4 Å². The average molecular weight is 292 g/mol. The van der Waals surface area contributed by atoms with Gasteiger partial charge >= 0.3 is 5.97 Å². The van der Waals surface area contributed by atoms with Gasteiger partial charge in [-0.3, -0.25) is 4.98 Å². The summed E-state index contributed by atoms with van der Waals surface area (Å²) in [6, 6.07) is 15.2. The molecule has 0 fully saturated rings. The quantitative estimate of drug-likeness (QED) is 0.739. The number of nitrogens with zero attached hydrogens (tertiary/aromatic N) is 1. The Morgan fingerprint density at radius 2 is 1.95 bits per heavy atom. The van der Waals surface area contributed by atoms with Crippen LogP contribution in [0.4, 0.5) is 11.4 Å². The van der Waals surface area contributed by atoms with Crippen LogP contribution in [0.15, 0.2) is 54.7 Å². The van der Waals surface area contributed by atoms with Gasteiger partial charge in [0.1, 0.15) is 0 Å². The van der Waals surface area contributed by atoms with Gasteiger partial charge in [0.2, 0.25) is 0 Å². The van der Waals surface area contributed by atoms with E-state index in [2.05, 4.69) is 10.3 Å². The van der Waals surface area contributed by atoms with Crippen LogP contribution < -0.4 is 5.32 Å². The Hall–Kier alpha value is -2.88. The lowest BCUT2D eigenvalue weighted by Gasteiger charge is -2.11. The van der Waals surface area contributed by atoms with Crippen LogP contribution in [0.2, 0.25) is 0 Å². The number of aromatic nitrogens is 1. The Morgan fingerprint density at radius 3 is 2.77 bits per heavy atom. The van der Waals surface area contributed by atoms with Crippen LogP contribution in [0.3, 0.4) is 0 Å². The number of hydrogen-bond donors (Lipinski definition) is 1. The fourth-order valence-electron chi connectivity index (χ4n) is 2.43. The Bertz CT molecular complexity index is 843. The van der Waals surface area contributed by atoms with E-state index in [4.69, 9.17) is 4.74 Å². The monoisotopic (exact) mass is 292 g/mol. The Kier molecular flexibility index (Phi) is 3.74. The molecular formula is C18H16N2O2. The third-order valence-corrected chi connectivity index (χ3v) is 3.54. The third kappa shape index (κ3) is 2.63. The molecule has 1 aromatic heterocycles. The van der Waals surface area contributed by atoms with Crippen LogP contribution in [0.1, 0.15) is 15.9 Å². The molecule has 0 unspecified atom stereocenters. The van der Waals surface area contributed by atoms with Crippen molar-refractivity contribution in [3.63, 3.8) is 0 Å². The number of methoxy groups -OCH3 is 1. The molecule has 2 aromatic carbocycles. The molecule has 0 aliphatic rings. The summed E-state index contributed by atoms with van der Waals surface area (Å²) in [6.45, 7) is 2.04. The van der Waals surface area contributed by atoms with Crippen molar-refractivity contribution in [2.24, 2.45) is 0 Å². The summed E-state index contributed by atoms with van der Waals surface area (Å²) < 4.78 is 4.75. The van der Waals surface area contributed by atoms with Crippen molar-refractivity contribution in [2.45, 2.75) is 6.92 Å². The second kappa shape index (κ2) is 5.85. The fraction of sp³-hybridized carbons (Fsp3) is 0.111. The first-order valence-electron chi connectivity index (χ1n) is 6.99. The number of nitrogens with one attached hydrogen (secondary N) is 1. The van der Waals surface area contributed by atoms with E-state index < -0.39 is 0 Å². The first-order chi connectivity index (χ1) is 10.7. The van der Waals surface area contributed by atoms with Crippen molar-refractivity contribution in [1.29, 1.82) is 0 Å². The summed E-state index contributed by atoms with van der Waals surface area (Å²) >= 11 is 0. The van der Waals surface area contributed by atoms with E-state index in [-0.39, 0.29) is 5.97 Å². The number of esters is 1. The van der Waals surface area contributed by atoms with Crippen molar-refractivity contribution in [1.82, 2.24) is 4.98 Å². The average Bonchev–Trinajstić information content (AvgIpc) is 2.55. The highest BCUT2D eigenvalue weighted by Crippen LogP contribution is 2.27. The molecule has 22 heavy (non-hydrogen) atoms. The minimum atomic E-state index is -0.348. The van der Waals surface area contributed by atoms with E-state index in [1.807, 2.05) is 43.3 Å². The molecule has 1 heterocycles. The molecule has 110 valence electrons. The van der Waals surface area contributed by atoms with Crippen LogP contribution in [0, 0.1) is 6.92 Å². The van der Waals surface area contributed by atoms with Gasteiger partial charge in [-0.05, 0) is 36.8 Å². The maximum Gasteiger partial charge on any atom is 0.337 e. The van der Waals surface area contributed by atoms with Gasteiger partial charge in [-0.25, -0.2) is 4.79 Å². The van der Waals surface area contributed by atoms with Gasteiger partial charge in [-0.2, -0.15) is 0 Å². The SMILES string of the molecule is COC(=O)c1cccc(Nc2ccnc3c(C)cccc23)c1. The lowest BCUT2D eigenvalue weighted by atomic mass is 10.1. The number of carbonyl (C=O) groups excluding carboxylic acids is 1. The minimum Gasteiger partial charge on any atom is -0.465 e. The number of fused-ring (bicyclic) bond motifs is 1. The predicted octanol–water partition coefficient (Wildman–Crippen LogP) is 4.07. The Morgan fingerprint density at radius 1 is 1.14 bits per heavy atom. The summed E-state index contributed by atoms with van der Waals surface area (Å²) in [5.74, 6) is -0.348. The van der Waals surface area contributed by atoms with Crippen LogP contribution in [-0.2, 0) is 4.74 Å². The van der Waals surface area contributed by atoms with Gasteiger partial charge in [0, 0.05) is 23.0 Å². The number of rotatable bonds is 3. The molecule has 0 bridgehead atoms. The first kappa shape index (κ1) is 14.1. The molecule has 3 aromatic rings. The molecule has 0 saturated carbocycles. The molecule has 0 spiro atoms. The standard InChI is InChI=1S/C18H16N2O2/c1-12-5-3-8-15-16(9-10-19-17(12)15)20-14-7-4-6-13(11-14)18(21)22-2/h3-11H,1-2H3,(H,19,20).